The van der Waals surface area contributed by atoms with Crippen molar-refractivity contribution in [2.24, 2.45) is 5.92 Å². The van der Waals surface area contributed by atoms with Gasteiger partial charge in [0.15, 0.2) is 0 Å². The van der Waals surface area contributed by atoms with Gasteiger partial charge >= 0.3 is 6.09 Å². The van der Waals surface area contributed by atoms with Gasteiger partial charge in [-0.05, 0) is 62.5 Å². The maximum absolute atomic E-state index is 12.3. The van der Waals surface area contributed by atoms with E-state index in [1.807, 2.05) is 11.9 Å². The van der Waals surface area contributed by atoms with Crippen molar-refractivity contribution < 1.29 is 23.9 Å². The Hall–Kier alpha value is -1.67. The molecule has 1 heterocycles. The molecule has 0 radical (unpaired) electrons. The van der Waals surface area contributed by atoms with Crippen LogP contribution in [0.25, 0.3) is 0 Å². The Morgan fingerprint density at radius 3 is 2.37 bits per heavy atom. The van der Waals surface area contributed by atoms with Crippen molar-refractivity contribution in [2.45, 2.75) is 38.0 Å². The Kier molecular flexibility index (Phi) is 7.74. The van der Waals surface area contributed by atoms with E-state index in [4.69, 9.17) is 32.7 Å². The summed E-state index contributed by atoms with van der Waals surface area (Å²) in [4.78, 5) is 39.3. The van der Waals surface area contributed by atoms with Gasteiger partial charge in [0, 0.05) is 30.2 Å². The molecule has 1 aliphatic heterocycles. The van der Waals surface area contributed by atoms with Gasteiger partial charge in [0.05, 0.1) is 0 Å². The summed E-state index contributed by atoms with van der Waals surface area (Å²) < 4.78 is 10.5. The summed E-state index contributed by atoms with van der Waals surface area (Å²) in [6.07, 6.45) is 1.65. The van der Waals surface area contributed by atoms with E-state index in [1.165, 1.54) is 7.11 Å². The largest absolute Gasteiger partial charge is 0.445 e. The maximum atomic E-state index is 12.3. The molecule has 1 aromatic carbocycles. The van der Waals surface area contributed by atoms with Gasteiger partial charge in [-0.1, -0.05) is 23.2 Å². The highest BCUT2D eigenvalue weighted by Gasteiger charge is 2.51. The number of benzene rings is 1. The summed E-state index contributed by atoms with van der Waals surface area (Å²) in [7, 11) is 3.29. The van der Waals surface area contributed by atoms with Crippen LogP contribution >= 0.6 is 23.2 Å². The monoisotopic (exact) mass is 456 g/mol. The minimum Gasteiger partial charge on any atom is -0.445 e. The van der Waals surface area contributed by atoms with Gasteiger partial charge in [-0.2, -0.15) is 0 Å². The first-order valence-electron chi connectivity index (χ1n) is 9.98. The molecule has 164 valence electrons. The fourth-order valence-corrected chi connectivity index (χ4v) is 4.57. The smallest absolute Gasteiger partial charge is 0.410 e. The minimum atomic E-state index is -0.645. The molecule has 30 heavy (non-hydrogen) atoms. The van der Waals surface area contributed by atoms with Crippen LogP contribution in [0, 0.1) is 5.92 Å². The van der Waals surface area contributed by atoms with Crippen molar-refractivity contribution in [1.82, 2.24) is 9.80 Å². The van der Waals surface area contributed by atoms with Crippen LogP contribution in [-0.2, 0) is 25.7 Å². The number of hydrogen-bond donors (Lipinski definition) is 0. The number of rotatable bonds is 7. The second-order valence-corrected chi connectivity index (χ2v) is 8.73. The van der Waals surface area contributed by atoms with Crippen molar-refractivity contribution >= 4 is 40.9 Å². The zero-order chi connectivity index (χ0) is 21.8. The predicted molar refractivity (Wildman–Crippen MR) is 113 cm³/mol. The van der Waals surface area contributed by atoms with E-state index in [0.717, 1.165) is 24.8 Å². The normalized spacial score (nSPS) is 22.4. The SMILES string of the molecule is COC1C(=O)C(=O)C1N(C)CCC1CCN(C(=O)OCc2cc(Cl)cc(Cl)c2)CC1. The lowest BCUT2D eigenvalue weighted by Crippen LogP contribution is -2.65. The fraction of sp³-hybridized carbons (Fsp3) is 0.571. The van der Waals surface area contributed by atoms with Crippen LogP contribution in [0.2, 0.25) is 10.0 Å². The summed E-state index contributed by atoms with van der Waals surface area (Å²) in [5.74, 6) is -0.362. The van der Waals surface area contributed by atoms with Crippen molar-refractivity contribution in [3.05, 3.63) is 33.8 Å². The Labute approximate surface area is 186 Å². The zero-order valence-electron chi connectivity index (χ0n) is 17.1. The summed E-state index contributed by atoms with van der Waals surface area (Å²) in [6, 6.07) is 4.60. The standard InChI is InChI=1S/C21H26Cl2N2O5/c1-24(17-18(26)19(27)20(17)29-2)6-3-13-4-7-25(8-5-13)21(28)30-12-14-9-15(22)11-16(23)10-14/h9-11,13,17,20H,3-8,12H2,1-2H3. The number of Topliss-reactive ketones (excluding diaryl/α,β-unsaturated/α-hetero) is 2. The highest BCUT2D eigenvalue weighted by atomic mass is 35.5. The molecule has 3 rings (SSSR count). The molecular weight excluding hydrogens is 431 g/mol. The Bertz CT molecular complexity index is 790. The molecule has 1 aromatic rings. The molecular formula is C21H26Cl2N2O5. The number of methoxy groups -OCH3 is 1. The van der Waals surface area contributed by atoms with Crippen LogP contribution in [0.3, 0.4) is 0 Å². The van der Waals surface area contributed by atoms with E-state index in [-0.39, 0.29) is 18.5 Å². The molecule has 0 bridgehead atoms. The average Bonchev–Trinajstić information content (AvgIpc) is 2.73. The van der Waals surface area contributed by atoms with E-state index in [2.05, 4.69) is 0 Å². The van der Waals surface area contributed by atoms with Crippen LogP contribution < -0.4 is 0 Å². The number of carbonyl (C=O) groups is 3. The number of hydrogen-bond acceptors (Lipinski definition) is 6. The van der Waals surface area contributed by atoms with Gasteiger partial charge in [0.25, 0.3) is 0 Å². The molecule has 1 saturated heterocycles. The molecule has 1 saturated carbocycles. The Morgan fingerprint density at radius 1 is 1.13 bits per heavy atom. The van der Waals surface area contributed by atoms with Crippen molar-refractivity contribution in [1.29, 1.82) is 0 Å². The lowest BCUT2D eigenvalue weighted by molar-refractivity contribution is -0.162. The Balaban J connectivity index is 1.38. The van der Waals surface area contributed by atoms with Gasteiger partial charge in [0.2, 0.25) is 11.6 Å². The van der Waals surface area contributed by atoms with Crippen molar-refractivity contribution in [3.8, 4) is 0 Å². The third-order valence-electron chi connectivity index (χ3n) is 5.83. The molecule has 7 nitrogen and oxygen atoms in total. The lowest BCUT2D eigenvalue weighted by atomic mass is 9.84. The van der Waals surface area contributed by atoms with E-state index >= 15 is 0 Å². The quantitative estimate of drug-likeness (QED) is 0.586. The van der Waals surface area contributed by atoms with Crippen molar-refractivity contribution in [3.63, 3.8) is 0 Å². The van der Waals surface area contributed by atoms with Gasteiger partial charge in [-0.3, -0.25) is 14.5 Å². The highest BCUT2D eigenvalue weighted by molar-refractivity contribution is 6.48. The van der Waals surface area contributed by atoms with Gasteiger partial charge in [-0.25, -0.2) is 4.79 Å². The molecule has 0 N–H and O–H groups in total. The number of likely N-dealkylation sites (N-methyl/N-ethyl adjacent to an activating group) is 1. The van der Waals surface area contributed by atoms with Crippen molar-refractivity contribution in [2.75, 3.05) is 33.8 Å². The minimum absolute atomic E-state index is 0.124. The van der Waals surface area contributed by atoms with Crippen LogP contribution in [0.1, 0.15) is 24.8 Å². The third-order valence-corrected chi connectivity index (χ3v) is 6.27. The van der Waals surface area contributed by atoms with Crippen LogP contribution in [0.4, 0.5) is 4.79 Å². The first-order chi connectivity index (χ1) is 14.3. The molecule has 0 spiro atoms. The number of nitrogens with zero attached hydrogens (tertiary/aromatic N) is 2. The molecule has 9 heteroatoms. The Morgan fingerprint density at radius 2 is 1.77 bits per heavy atom. The lowest BCUT2D eigenvalue weighted by Gasteiger charge is -2.39. The number of piperidine rings is 1. The summed E-state index contributed by atoms with van der Waals surface area (Å²) in [6.45, 7) is 2.09. The predicted octanol–water partition coefficient (Wildman–Crippen LogP) is 3.20. The van der Waals surface area contributed by atoms with Gasteiger partial charge in [-0.15, -0.1) is 0 Å². The molecule has 0 aromatic heterocycles. The third kappa shape index (κ3) is 5.32. The molecule has 1 aliphatic carbocycles. The van der Waals surface area contributed by atoms with Gasteiger partial charge < -0.3 is 14.4 Å². The van der Waals surface area contributed by atoms with E-state index in [0.29, 0.717) is 35.6 Å². The molecule has 2 aliphatic rings. The second kappa shape index (κ2) is 10.1. The maximum Gasteiger partial charge on any atom is 0.410 e. The number of ketones is 2. The number of amides is 1. The summed E-state index contributed by atoms with van der Waals surface area (Å²) >= 11 is 11.9. The summed E-state index contributed by atoms with van der Waals surface area (Å²) in [5.41, 5.74) is 0.747. The first-order valence-corrected chi connectivity index (χ1v) is 10.7. The molecule has 1 amide bonds. The van der Waals surface area contributed by atoms with Gasteiger partial charge in [0.1, 0.15) is 18.8 Å². The molecule has 2 atom stereocenters. The second-order valence-electron chi connectivity index (χ2n) is 7.86. The van der Waals surface area contributed by atoms with E-state index in [1.54, 1.807) is 23.1 Å². The zero-order valence-corrected chi connectivity index (χ0v) is 18.6. The number of carbonyl (C=O) groups excluding carboxylic acids is 3. The highest BCUT2D eigenvalue weighted by Crippen LogP contribution is 2.25. The first kappa shape index (κ1) is 23.0. The van der Waals surface area contributed by atoms with E-state index < -0.39 is 17.9 Å². The van der Waals surface area contributed by atoms with Crippen LogP contribution in [0.15, 0.2) is 18.2 Å². The topological polar surface area (TPSA) is 76.2 Å². The summed E-state index contributed by atoms with van der Waals surface area (Å²) in [5, 5.41) is 1.01. The average molecular weight is 457 g/mol. The van der Waals surface area contributed by atoms with Crippen LogP contribution in [0.5, 0.6) is 0 Å². The van der Waals surface area contributed by atoms with Crippen LogP contribution in [-0.4, -0.2) is 73.4 Å². The number of halogens is 2. The molecule has 2 fully saturated rings. The number of likely N-dealkylation sites (tertiary alicyclic amines) is 1. The number of ether oxygens (including phenoxy) is 2. The fourth-order valence-electron chi connectivity index (χ4n) is 4.00. The molecule has 2 unspecified atom stereocenters. The van der Waals surface area contributed by atoms with E-state index in [9.17, 15) is 14.4 Å².